The molecule has 0 spiro atoms. The van der Waals surface area contributed by atoms with Crippen LogP contribution in [-0.2, 0) is 17.6 Å². The number of amides is 1. The average molecular weight is 409 g/mol. The Balaban J connectivity index is 1.69. The summed E-state index contributed by atoms with van der Waals surface area (Å²) in [5.74, 6) is 0.630. The molecule has 3 rings (SSSR count). The fourth-order valence-corrected chi connectivity index (χ4v) is 3.35. The Morgan fingerprint density at radius 3 is 2.83 bits per heavy atom. The molecular formula is C19H19BrClNO2. The molecule has 0 bridgehead atoms. The zero-order valence-corrected chi connectivity index (χ0v) is 15.8. The van der Waals surface area contributed by atoms with E-state index in [1.807, 2.05) is 12.1 Å². The summed E-state index contributed by atoms with van der Waals surface area (Å²) < 4.78 is 6.74. The first kappa shape index (κ1) is 17.3. The number of ether oxygens (including phenoxy) is 1. The Morgan fingerprint density at radius 2 is 2.04 bits per heavy atom. The average Bonchev–Trinajstić information content (AvgIpc) is 2.58. The van der Waals surface area contributed by atoms with Gasteiger partial charge in [0, 0.05) is 10.2 Å². The van der Waals surface area contributed by atoms with Gasteiger partial charge in [0.05, 0.1) is 5.02 Å². The molecule has 0 radical (unpaired) electrons. The van der Waals surface area contributed by atoms with Gasteiger partial charge in [0.1, 0.15) is 5.75 Å². The lowest BCUT2D eigenvalue weighted by Crippen LogP contribution is -2.30. The maximum Gasteiger partial charge on any atom is 0.265 e. The maximum atomic E-state index is 12.4. The Morgan fingerprint density at radius 1 is 1.25 bits per heavy atom. The van der Waals surface area contributed by atoms with Crippen molar-refractivity contribution < 1.29 is 9.53 Å². The zero-order valence-electron chi connectivity index (χ0n) is 13.4. The van der Waals surface area contributed by atoms with E-state index < -0.39 is 6.10 Å². The normalized spacial score (nSPS) is 14.6. The molecule has 126 valence electrons. The van der Waals surface area contributed by atoms with Crippen LogP contribution in [0.25, 0.3) is 0 Å². The molecule has 0 saturated heterocycles. The van der Waals surface area contributed by atoms with Crippen LogP contribution in [-0.4, -0.2) is 12.0 Å². The maximum absolute atomic E-state index is 12.4. The molecule has 1 amide bonds. The van der Waals surface area contributed by atoms with Gasteiger partial charge in [0.15, 0.2) is 6.10 Å². The highest BCUT2D eigenvalue weighted by Crippen LogP contribution is 2.30. The van der Waals surface area contributed by atoms with Gasteiger partial charge in [-0.15, -0.1) is 0 Å². The number of hydrogen-bond acceptors (Lipinski definition) is 2. The van der Waals surface area contributed by atoms with E-state index in [9.17, 15) is 4.79 Å². The van der Waals surface area contributed by atoms with Crippen molar-refractivity contribution in [2.45, 2.75) is 38.7 Å². The van der Waals surface area contributed by atoms with Crippen molar-refractivity contribution in [3.05, 3.63) is 57.0 Å². The fraction of sp³-hybridized carbons (Fsp3) is 0.316. The summed E-state index contributed by atoms with van der Waals surface area (Å²) in [6.07, 6.45) is 3.91. The largest absolute Gasteiger partial charge is 0.481 e. The van der Waals surface area contributed by atoms with E-state index in [0.29, 0.717) is 10.7 Å². The first-order valence-corrected chi connectivity index (χ1v) is 9.25. The molecular weight excluding hydrogens is 390 g/mol. The molecule has 0 aromatic heterocycles. The van der Waals surface area contributed by atoms with Crippen LogP contribution >= 0.6 is 27.5 Å². The van der Waals surface area contributed by atoms with E-state index in [4.69, 9.17) is 16.3 Å². The minimum atomic E-state index is -0.583. The van der Waals surface area contributed by atoms with Gasteiger partial charge in [-0.3, -0.25) is 4.79 Å². The molecule has 5 heteroatoms. The molecule has 1 unspecified atom stereocenters. The Hall–Kier alpha value is -1.52. The monoisotopic (exact) mass is 407 g/mol. The van der Waals surface area contributed by atoms with Gasteiger partial charge >= 0.3 is 0 Å². The van der Waals surface area contributed by atoms with Gasteiger partial charge in [-0.2, -0.15) is 0 Å². The Labute approximate surface area is 155 Å². The van der Waals surface area contributed by atoms with Gasteiger partial charge < -0.3 is 10.1 Å². The van der Waals surface area contributed by atoms with Crippen LogP contribution in [0.2, 0.25) is 5.02 Å². The highest BCUT2D eigenvalue weighted by Gasteiger charge is 2.19. The number of hydrogen-bond donors (Lipinski definition) is 1. The third kappa shape index (κ3) is 3.93. The minimum Gasteiger partial charge on any atom is -0.481 e. The number of rotatable bonds is 4. The molecule has 1 aliphatic rings. The number of carbonyl (C=O) groups is 1. The molecule has 1 N–H and O–H groups in total. The second-order valence-electron chi connectivity index (χ2n) is 5.98. The third-order valence-electron chi connectivity index (χ3n) is 4.21. The quantitative estimate of drug-likeness (QED) is 0.737. The number of nitrogens with one attached hydrogen (secondary N) is 1. The van der Waals surface area contributed by atoms with E-state index in [1.54, 1.807) is 25.1 Å². The third-order valence-corrected chi connectivity index (χ3v) is 5.45. The van der Waals surface area contributed by atoms with Crippen LogP contribution < -0.4 is 10.1 Å². The Bertz CT molecular complexity index is 763. The van der Waals surface area contributed by atoms with E-state index in [0.717, 1.165) is 23.1 Å². The van der Waals surface area contributed by atoms with Crippen LogP contribution in [0.5, 0.6) is 5.75 Å². The summed E-state index contributed by atoms with van der Waals surface area (Å²) in [6, 6.07) is 11.4. The summed E-state index contributed by atoms with van der Waals surface area (Å²) in [4.78, 5) is 12.4. The van der Waals surface area contributed by atoms with Crippen LogP contribution in [0.15, 0.2) is 40.9 Å². The van der Waals surface area contributed by atoms with Crippen molar-refractivity contribution in [3.8, 4) is 5.75 Å². The van der Waals surface area contributed by atoms with E-state index >= 15 is 0 Å². The first-order chi connectivity index (χ1) is 11.5. The van der Waals surface area contributed by atoms with E-state index in [-0.39, 0.29) is 5.91 Å². The SMILES string of the molecule is CC(Oc1cccc2c1CCCC2)C(=O)Nc1ccc(Br)c(Cl)c1. The summed E-state index contributed by atoms with van der Waals surface area (Å²) in [6.45, 7) is 1.76. The van der Waals surface area contributed by atoms with Crippen LogP contribution in [0.1, 0.15) is 30.9 Å². The predicted molar refractivity (Wildman–Crippen MR) is 101 cm³/mol. The van der Waals surface area contributed by atoms with Gasteiger partial charge in [-0.25, -0.2) is 0 Å². The number of carbonyl (C=O) groups excluding carboxylic acids is 1. The second-order valence-corrected chi connectivity index (χ2v) is 7.24. The lowest BCUT2D eigenvalue weighted by molar-refractivity contribution is -0.122. The molecule has 1 aliphatic carbocycles. The lowest BCUT2D eigenvalue weighted by atomic mass is 9.91. The van der Waals surface area contributed by atoms with Crippen LogP contribution in [0.3, 0.4) is 0 Å². The van der Waals surface area contributed by atoms with Gasteiger partial charge in [0.2, 0.25) is 0 Å². The standard InChI is InChI=1S/C19H19BrClNO2/c1-12(19(23)22-14-9-10-16(20)17(21)11-14)24-18-8-4-6-13-5-2-3-7-15(13)18/h4,6,8-12H,2-3,5,7H2,1H3,(H,22,23). The number of halogens is 2. The number of aryl methyl sites for hydroxylation is 1. The molecule has 0 heterocycles. The smallest absolute Gasteiger partial charge is 0.265 e. The zero-order chi connectivity index (χ0) is 17.1. The number of fused-ring (bicyclic) bond motifs is 1. The summed E-state index contributed by atoms with van der Waals surface area (Å²) in [7, 11) is 0. The van der Waals surface area contributed by atoms with Crippen LogP contribution in [0.4, 0.5) is 5.69 Å². The lowest BCUT2D eigenvalue weighted by Gasteiger charge is -2.22. The van der Waals surface area contributed by atoms with Crippen molar-refractivity contribution in [3.63, 3.8) is 0 Å². The predicted octanol–water partition coefficient (Wildman–Crippen LogP) is 5.39. The minimum absolute atomic E-state index is 0.193. The molecule has 1 atom stereocenters. The fourth-order valence-electron chi connectivity index (χ4n) is 2.92. The summed E-state index contributed by atoms with van der Waals surface area (Å²) >= 11 is 9.39. The van der Waals surface area contributed by atoms with Crippen molar-refractivity contribution in [1.29, 1.82) is 0 Å². The number of benzene rings is 2. The molecule has 2 aromatic rings. The highest BCUT2D eigenvalue weighted by molar-refractivity contribution is 9.10. The summed E-state index contributed by atoms with van der Waals surface area (Å²) in [5, 5.41) is 3.39. The number of anilines is 1. The van der Waals surface area contributed by atoms with Gasteiger partial charge in [-0.05, 0) is 83.9 Å². The highest BCUT2D eigenvalue weighted by atomic mass is 79.9. The van der Waals surface area contributed by atoms with E-state index in [2.05, 4.69) is 27.3 Å². The molecule has 2 aromatic carbocycles. The second kappa shape index (κ2) is 7.58. The summed E-state index contributed by atoms with van der Waals surface area (Å²) in [5.41, 5.74) is 3.24. The Kier molecular flexibility index (Phi) is 5.47. The van der Waals surface area contributed by atoms with Crippen molar-refractivity contribution >= 4 is 39.1 Å². The van der Waals surface area contributed by atoms with Crippen molar-refractivity contribution in [1.82, 2.24) is 0 Å². The van der Waals surface area contributed by atoms with Gasteiger partial charge in [0.25, 0.3) is 5.91 Å². The topological polar surface area (TPSA) is 38.3 Å². The molecule has 3 nitrogen and oxygen atoms in total. The first-order valence-electron chi connectivity index (χ1n) is 8.08. The molecule has 0 fully saturated rings. The van der Waals surface area contributed by atoms with Gasteiger partial charge in [-0.1, -0.05) is 23.7 Å². The van der Waals surface area contributed by atoms with E-state index in [1.165, 1.54) is 24.0 Å². The van der Waals surface area contributed by atoms with Crippen molar-refractivity contribution in [2.24, 2.45) is 0 Å². The van der Waals surface area contributed by atoms with Crippen molar-refractivity contribution in [2.75, 3.05) is 5.32 Å². The van der Waals surface area contributed by atoms with Crippen LogP contribution in [0, 0.1) is 0 Å². The molecule has 24 heavy (non-hydrogen) atoms. The molecule has 0 saturated carbocycles. The molecule has 0 aliphatic heterocycles.